The molecule has 2 aromatic rings. The summed E-state index contributed by atoms with van der Waals surface area (Å²) in [5.74, 6) is 0.680. The zero-order valence-electron chi connectivity index (χ0n) is 20.9. The monoisotopic (exact) mass is 512 g/mol. The predicted octanol–water partition coefficient (Wildman–Crippen LogP) is 5.90. The summed E-state index contributed by atoms with van der Waals surface area (Å²) >= 11 is 0. The molecule has 196 valence electrons. The molecule has 0 bridgehead atoms. The van der Waals surface area contributed by atoms with Gasteiger partial charge in [0.1, 0.15) is 6.10 Å². The number of esters is 1. The third-order valence-corrected chi connectivity index (χ3v) is 8.35. The van der Waals surface area contributed by atoms with Gasteiger partial charge in [0.2, 0.25) is 5.91 Å². The van der Waals surface area contributed by atoms with Gasteiger partial charge in [-0.15, -0.1) is 0 Å². The van der Waals surface area contributed by atoms with E-state index in [1.54, 1.807) is 24.4 Å². The van der Waals surface area contributed by atoms with E-state index in [-0.39, 0.29) is 41.8 Å². The molecule has 5 nitrogen and oxygen atoms in total. The number of nitrogens with one attached hydrogen (secondary N) is 1. The number of hydrogen-bond acceptors (Lipinski definition) is 4. The Labute approximate surface area is 214 Å². The van der Waals surface area contributed by atoms with Crippen LogP contribution in [0.3, 0.4) is 0 Å². The quantitative estimate of drug-likeness (QED) is 0.518. The Bertz CT molecular complexity index is 1190. The van der Waals surface area contributed by atoms with E-state index in [9.17, 15) is 22.8 Å². The number of amides is 1. The number of aromatic nitrogens is 1. The molecule has 0 spiro atoms. The second-order valence-electron chi connectivity index (χ2n) is 10.7. The number of carbonyl (C=O) groups excluding carboxylic acids is 2. The number of allylic oxidation sites excluding steroid dienone is 1. The highest BCUT2D eigenvalue weighted by molar-refractivity contribution is 5.76. The first-order valence-electron chi connectivity index (χ1n) is 12.9. The van der Waals surface area contributed by atoms with E-state index in [1.165, 1.54) is 13.0 Å². The minimum absolute atomic E-state index is 0.0258. The summed E-state index contributed by atoms with van der Waals surface area (Å²) in [4.78, 5) is 28.7. The number of fused-ring (bicyclic) bond motifs is 2. The Morgan fingerprint density at radius 2 is 1.95 bits per heavy atom. The maximum absolute atomic E-state index is 13.1. The third kappa shape index (κ3) is 5.29. The third-order valence-electron chi connectivity index (χ3n) is 8.35. The number of cyclic esters (lactones) is 1. The molecule has 1 N–H and O–H groups in total. The highest BCUT2D eigenvalue weighted by Gasteiger charge is 2.54. The van der Waals surface area contributed by atoms with Crippen LogP contribution < -0.4 is 5.32 Å². The summed E-state index contributed by atoms with van der Waals surface area (Å²) in [5.41, 5.74) is 1.09. The van der Waals surface area contributed by atoms with Gasteiger partial charge in [0.05, 0.1) is 17.2 Å². The number of hydrogen-bond donors (Lipinski definition) is 1. The lowest BCUT2D eigenvalue weighted by atomic mass is 9.57. The molecule has 7 atom stereocenters. The smallest absolute Gasteiger partial charge is 0.416 e. The Kier molecular flexibility index (Phi) is 6.86. The number of carbonyl (C=O) groups is 2. The number of ether oxygens (including phenoxy) is 1. The zero-order chi connectivity index (χ0) is 26.3. The molecule has 37 heavy (non-hydrogen) atoms. The molecule has 2 saturated carbocycles. The summed E-state index contributed by atoms with van der Waals surface area (Å²) in [5, 5.41) is 3.05. The van der Waals surface area contributed by atoms with Crippen LogP contribution in [-0.2, 0) is 20.5 Å². The Hall–Kier alpha value is -3.16. The predicted molar refractivity (Wildman–Crippen MR) is 133 cm³/mol. The highest BCUT2D eigenvalue weighted by Crippen LogP contribution is 2.53. The molecule has 3 fully saturated rings. The largest absolute Gasteiger partial charge is 0.462 e. The van der Waals surface area contributed by atoms with Crippen molar-refractivity contribution in [2.45, 2.75) is 57.9 Å². The van der Waals surface area contributed by atoms with E-state index >= 15 is 0 Å². The minimum atomic E-state index is -4.40. The standard InChI is InChI=1S/C29H31F3N2O3/c1-16-27-25(24-10-9-23(34-17(2)35)13-20(24)14-26(27)28(36)37-16)11-8-22-7-6-19(15-33-22)18-4-3-5-21(12-18)29(30,31)32/h3-8,11-12,15-16,20,23-27H,9-10,13-14H2,1-2H3,(H,34,35)/b11-8+/t16-,20+,23-,24-,25+,26-,27+/m1/s1. The van der Waals surface area contributed by atoms with Crippen molar-refractivity contribution in [1.29, 1.82) is 0 Å². The van der Waals surface area contributed by atoms with Crippen molar-refractivity contribution < 1.29 is 27.5 Å². The first-order valence-corrected chi connectivity index (χ1v) is 12.9. The van der Waals surface area contributed by atoms with Gasteiger partial charge in [0, 0.05) is 30.6 Å². The number of pyridine rings is 1. The normalized spacial score (nSPS) is 31.5. The number of rotatable bonds is 4. The molecular weight excluding hydrogens is 481 g/mol. The molecule has 3 aliphatic rings. The van der Waals surface area contributed by atoms with Crippen molar-refractivity contribution in [2.24, 2.45) is 29.6 Å². The first kappa shape index (κ1) is 25.5. The lowest BCUT2D eigenvalue weighted by Gasteiger charge is -2.47. The van der Waals surface area contributed by atoms with E-state index in [2.05, 4.69) is 16.4 Å². The summed E-state index contributed by atoms with van der Waals surface area (Å²) in [7, 11) is 0. The van der Waals surface area contributed by atoms with Gasteiger partial charge in [-0.1, -0.05) is 24.3 Å². The van der Waals surface area contributed by atoms with Crippen molar-refractivity contribution in [1.82, 2.24) is 10.3 Å². The summed E-state index contributed by atoms with van der Waals surface area (Å²) in [6, 6.07) is 8.94. The molecule has 0 unspecified atom stereocenters. The van der Waals surface area contributed by atoms with Crippen LogP contribution in [0.15, 0.2) is 48.7 Å². The molecule has 0 radical (unpaired) electrons. The van der Waals surface area contributed by atoms with Crippen LogP contribution in [0, 0.1) is 29.6 Å². The van der Waals surface area contributed by atoms with Gasteiger partial charge >= 0.3 is 12.1 Å². The van der Waals surface area contributed by atoms with Crippen LogP contribution in [0.1, 0.15) is 50.8 Å². The van der Waals surface area contributed by atoms with E-state index in [4.69, 9.17) is 4.74 Å². The maximum atomic E-state index is 13.1. The number of alkyl halides is 3. The van der Waals surface area contributed by atoms with Crippen molar-refractivity contribution in [2.75, 3.05) is 0 Å². The zero-order valence-corrected chi connectivity index (χ0v) is 20.9. The Balaban J connectivity index is 1.36. The van der Waals surface area contributed by atoms with Gasteiger partial charge in [-0.05, 0) is 80.2 Å². The van der Waals surface area contributed by atoms with E-state index < -0.39 is 11.7 Å². The molecule has 2 heterocycles. The van der Waals surface area contributed by atoms with Gasteiger partial charge in [0.25, 0.3) is 0 Å². The van der Waals surface area contributed by atoms with Gasteiger partial charge in [-0.3, -0.25) is 14.6 Å². The molecular formula is C29H31F3N2O3. The van der Waals surface area contributed by atoms with E-state index in [0.717, 1.165) is 37.8 Å². The molecule has 1 saturated heterocycles. The summed E-state index contributed by atoms with van der Waals surface area (Å²) in [6.45, 7) is 3.50. The summed E-state index contributed by atoms with van der Waals surface area (Å²) in [6.07, 6.45) is 4.68. The van der Waals surface area contributed by atoms with Crippen molar-refractivity contribution in [3.05, 3.63) is 59.9 Å². The average molecular weight is 513 g/mol. The van der Waals surface area contributed by atoms with E-state index in [1.807, 2.05) is 13.0 Å². The first-order chi connectivity index (χ1) is 17.6. The van der Waals surface area contributed by atoms with Crippen LogP contribution in [0.25, 0.3) is 17.2 Å². The van der Waals surface area contributed by atoms with Crippen LogP contribution in [0.4, 0.5) is 13.2 Å². The van der Waals surface area contributed by atoms with Gasteiger partial charge in [-0.2, -0.15) is 13.2 Å². The Morgan fingerprint density at radius 1 is 1.14 bits per heavy atom. The maximum Gasteiger partial charge on any atom is 0.416 e. The van der Waals surface area contributed by atoms with E-state index in [0.29, 0.717) is 28.7 Å². The molecule has 2 aliphatic carbocycles. The number of halogens is 3. The molecule has 8 heteroatoms. The lowest BCUT2D eigenvalue weighted by Crippen LogP contribution is -2.48. The lowest BCUT2D eigenvalue weighted by molar-refractivity contribution is -0.144. The molecule has 1 aromatic carbocycles. The fraction of sp³-hybridized carbons (Fsp3) is 0.483. The highest BCUT2D eigenvalue weighted by atomic mass is 19.4. The molecule has 1 amide bonds. The molecule has 1 aromatic heterocycles. The summed E-state index contributed by atoms with van der Waals surface area (Å²) < 4.78 is 44.9. The van der Waals surface area contributed by atoms with Crippen molar-refractivity contribution in [3.63, 3.8) is 0 Å². The fourth-order valence-electron chi connectivity index (χ4n) is 6.79. The van der Waals surface area contributed by atoms with Crippen LogP contribution in [-0.4, -0.2) is 29.0 Å². The van der Waals surface area contributed by atoms with Crippen molar-refractivity contribution >= 4 is 18.0 Å². The average Bonchev–Trinajstić information content (AvgIpc) is 3.14. The van der Waals surface area contributed by atoms with Gasteiger partial charge < -0.3 is 10.1 Å². The van der Waals surface area contributed by atoms with Crippen LogP contribution in [0.2, 0.25) is 0 Å². The minimum Gasteiger partial charge on any atom is -0.462 e. The van der Waals surface area contributed by atoms with Gasteiger partial charge in [0.15, 0.2) is 0 Å². The van der Waals surface area contributed by atoms with Crippen LogP contribution >= 0.6 is 0 Å². The number of nitrogens with zero attached hydrogens (tertiary/aromatic N) is 1. The molecule has 1 aliphatic heterocycles. The topological polar surface area (TPSA) is 68.3 Å². The van der Waals surface area contributed by atoms with Crippen LogP contribution in [0.5, 0.6) is 0 Å². The van der Waals surface area contributed by atoms with Crippen molar-refractivity contribution in [3.8, 4) is 11.1 Å². The SMILES string of the molecule is CC(=O)N[C@@H]1CC[C@@H]2[C@@H](C1)C[C@H]1C(=O)O[C@H](C)[C@H]1[C@H]2/C=C/c1ccc(-c2cccc(C(F)(F)F)c2)cn1. The number of benzene rings is 1. The Morgan fingerprint density at radius 3 is 2.65 bits per heavy atom. The second kappa shape index (κ2) is 9.95. The second-order valence-corrected chi connectivity index (χ2v) is 10.7. The fourth-order valence-corrected chi connectivity index (χ4v) is 6.79. The molecule has 5 rings (SSSR count). The van der Waals surface area contributed by atoms with Gasteiger partial charge in [-0.25, -0.2) is 0 Å².